The second kappa shape index (κ2) is 8.46. The number of methoxy groups -OCH3 is 1. The molecule has 0 aliphatic carbocycles. The van der Waals surface area contributed by atoms with Crippen LogP contribution in [0.25, 0.3) is 0 Å². The molecule has 1 aromatic heterocycles. The SMILES string of the molecule is COC1(c2ccc(Cl)cc2)c2ccc(C(C)(O)CO)cc2C(=O)N1Cc1ccc(Cl)cn1. The van der Waals surface area contributed by atoms with Crippen molar-refractivity contribution in [2.24, 2.45) is 0 Å². The fraction of sp³-hybridized carbons (Fsp3) is 0.250. The number of aromatic nitrogens is 1. The Morgan fingerprint density at radius 2 is 1.78 bits per heavy atom. The Kier molecular flexibility index (Phi) is 6.00. The topological polar surface area (TPSA) is 82.9 Å². The molecular formula is C24H22Cl2N2O4. The number of benzene rings is 2. The van der Waals surface area contributed by atoms with Crippen LogP contribution in [0.2, 0.25) is 10.0 Å². The highest BCUT2D eigenvalue weighted by molar-refractivity contribution is 6.30. The second-order valence-electron chi connectivity index (χ2n) is 7.91. The van der Waals surface area contributed by atoms with Gasteiger partial charge in [-0.15, -0.1) is 0 Å². The van der Waals surface area contributed by atoms with E-state index in [-0.39, 0.29) is 12.5 Å². The first-order valence-electron chi connectivity index (χ1n) is 9.95. The van der Waals surface area contributed by atoms with Crippen LogP contribution >= 0.6 is 23.2 Å². The Balaban J connectivity index is 1.91. The molecule has 0 radical (unpaired) electrons. The maximum absolute atomic E-state index is 13.7. The smallest absolute Gasteiger partial charge is 0.257 e. The van der Waals surface area contributed by atoms with Crippen molar-refractivity contribution in [3.8, 4) is 0 Å². The highest BCUT2D eigenvalue weighted by Crippen LogP contribution is 2.46. The number of halogens is 2. The van der Waals surface area contributed by atoms with Crippen LogP contribution in [0.15, 0.2) is 60.8 Å². The third kappa shape index (κ3) is 3.68. The van der Waals surface area contributed by atoms with E-state index >= 15 is 0 Å². The van der Waals surface area contributed by atoms with Crippen LogP contribution in [-0.4, -0.2) is 39.7 Å². The molecular weight excluding hydrogens is 451 g/mol. The van der Waals surface area contributed by atoms with Crippen molar-refractivity contribution in [2.45, 2.75) is 24.8 Å². The first-order chi connectivity index (χ1) is 15.2. The van der Waals surface area contributed by atoms with Gasteiger partial charge in [-0.25, -0.2) is 0 Å². The predicted molar refractivity (Wildman–Crippen MR) is 121 cm³/mol. The molecule has 2 aromatic carbocycles. The number of nitrogens with zero attached hydrogens (tertiary/aromatic N) is 2. The molecule has 0 spiro atoms. The molecule has 2 atom stereocenters. The number of aliphatic hydroxyl groups is 2. The van der Waals surface area contributed by atoms with Gasteiger partial charge < -0.3 is 14.9 Å². The summed E-state index contributed by atoms with van der Waals surface area (Å²) in [6.07, 6.45) is 1.53. The lowest BCUT2D eigenvalue weighted by atomic mass is 9.89. The molecule has 0 bridgehead atoms. The van der Waals surface area contributed by atoms with E-state index in [2.05, 4.69) is 4.98 Å². The molecule has 1 aliphatic rings. The molecule has 8 heteroatoms. The van der Waals surface area contributed by atoms with Crippen LogP contribution < -0.4 is 0 Å². The van der Waals surface area contributed by atoms with Gasteiger partial charge in [-0.2, -0.15) is 0 Å². The van der Waals surface area contributed by atoms with Crippen molar-refractivity contribution >= 4 is 29.1 Å². The number of rotatable bonds is 6. The Labute approximate surface area is 196 Å². The summed E-state index contributed by atoms with van der Waals surface area (Å²) in [7, 11) is 1.54. The summed E-state index contributed by atoms with van der Waals surface area (Å²) in [6.45, 7) is 1.17. The van der Waals surface area contributed by atoms with E-state index in [0.717, 1.165) is 0 Å². The maximum atomic E-state index is 13.7. The van der Waals surface area contributed by atoms with Gasteiger partial charge in [0.25, 0.3) is 5.91 Å². The molecule has 166 valence electrons. The number of hydrogen-bond donors (Lipinski definition) is 2. The van der Waals surface area contributed by atoms with Crippen LogP contribution in [0, 0.1) is 0 Å². The summed E-state index contributed by atoms with van der Waals surface area (Å²) in [5.74, 6) is -0.288. The van der Waals surface area contributed by atoms with Crippen molar-refractivity contribution in [2.75, 3.05) is 13.7 Å². The summed E-state index contributed by atoms with van der Waals surface area (Å²) in [6, 6.07) is 15.6. The van der Waals surface area contributed by atoms with E-state index in [4.69, 9.17) is 27.9 Å². The minimum atomic E-state index is -1.49. The minimum Gasteiger partial charge on any atom is -0.393 e. The van der Waals surface area contributed by atoms with Gasteiger partial charge in [-0.1, -0.05) is 47.5 Å². The number of fused-ring (bicyclic) bond motifs is 1. The molecule has 6 nitrogen and oxygen atoms in total. The monoisotopic (exact) mass is 472 g/mol. The van der Waals surface area contributed by atoms with Crippen molar-refractivity contribution in [1.82, 2.24) is 9.88 Å². The number of hydrogen-bond acceptors (Lipinski definition) is 5. The Hall–Kier alpha value is -2.48. The number of carbonyl (C=O) groups excluding carboxylic acids is 1. The van der Waals surface area contributed by atoms with Gasteiger partial charge in [0, 0.05) is 35.0 Å². The molecule has 32 heavy (non-hydrogen) atoms. The van der Waals surface area contributed by atoms with Crippen LogP contribution in [-0.2, 0) is 22.6 Å². The fourth-order valence-corrected chi connectivity index (χ4v) is 4.28. The lowest BCUT2D eigenvalue weighted by Gasteiger charge is -2.38. The summed E-state index contributed by atoms with van der Waals surface area (Å²) < 4.78 is 6.08. The van der Waals surface area contributed by atoms with Crippen LogP contribution in [0.3, 0.4) is 0 Å². The van der Waals surface area contributed by atoms with E-state index in [1.807, 2.05) is 12.1 Å². The Morgan fingerprint density at radius 1 is 1.09 bits per heavy atom. The maximum Gasteiger partial charge on any atom is 0.257 e. The average molecular weight is 473 g/mol. The number of carbonyl (C=O) groups is 1. The van der Waals surface area contributed by atoms with E-state index in [9.17, 15) is 15.0 Å². The zero-order valence-corrected chi connectivity index (χ0v) is 19.1. The molecule has 2 heterocycles. The standard InChI is InChI=1S/C24H22Cl2N2O4/c1-23(31,14-29)16-5-10-21-20(11-16)22(30)28(13-19-9-8-18(26)12-27-19)24(21,32-2)15-3-6-17(25)7-4-15/h3-12,29,31H,13-14H2,1-2H3. The number of aliphatic hydroxyl groups excluding tert-OH is 1. The van der Waals surface area contributed by atoms with Crippen LogP contribution in [0.1, 0.15) is 39.7 Å². The van der Waals surface area contributed by atoms with Gasteiger partial charge in [0.05, 0.1) is 23.9 Å². The van der Waals surface area contributed by atoms with Gasteiger partial charge in [0.2, 0.25) is 0 Å². The normalized spacial score (nSPS) is 19.7. The summed E-state index contributed by atoms with van der Waals surface area (Å²) in [5, 5.41) is 21.2. The largest absolute Gasteiger partial charge is 0.393 e. The molecule has 1 amide bonds. The van der Waals surface area contributed by atoms with E-state index < -0.39 is 17.9 Å². The van der Waals surface area contributed by atoms with Gasteiger partial charge in [0.1, 0.15) is 5.60 Å². The van der Waals surface area contributed by atoms with Crippen molar-refractivity contribution in [3.63, 3.8) is 0 Å². The highest BCUT2D eigenvalue weighted by atomic mass is 35.5. The summed E-state index contributed by atoms with van der Waals surface area (Å²) in [5.41, 5.74) is 0.0550. The fourth-order valence-electron chi connectivity index (χ4n) is 4.05. The van der Waals surface area contributed by atoms with E-state index in [0.29, 0.717) is 38.0 Å². The average Bonchev–Trinajstić information content (AvgIpc) is 3.03. The molecule has 2 unspecified atom stereocenters. The third-order valence-electron chi connectivity index (χ3n) is 5.81. The highest BCUT2D eigenvalue weighted by Gasteiger charge is 2.52. The second-order valence-corrected chi connectivity index (χ2v) is 8.78. The third-order valence-corrected chi connectivity index (χ3v) is 6.29. The molecule has 1 aliphatic heterocycles. The summed E-state index contributed by atoms with van der Waals surface area (Å²) in [4.78, 5) is 19.6. The molecule has 3 aromatic rings. The number of amides is 1. The lowest BCUT2D eigenvalue weighted by molar-refractivity contribution is -0.0868. The molecule has 0 saturated carbocycles. The van der Waals surface area contributed by atoms with Crippen molar-refractivity contribution in [1.29, 1.82) is 0 Å². The van der Waals surface area contributed by atoms with Crippen molar-refractivity contribution < 1.29 is 19.7 Å². The van der Waals surface area contributed by atoms with Gasteiger partial charge in [-0.3, -0.25) is 14.7 Å². The minimum absolute atomic E-state index is 0.160. The van der Waals surface area contributed by atoms with Gasteiger partial charge in [-0.05, 0) is 42.8 Å². The molecule has 2 N–H and O–H groups in total. The van der Waals surface area contributed by atoms with Gasteiger partial charge >= 0.3 is 0 Å². The predicted octanol–water partition coefficient (Wildman–Crippen LogP) is 4.09. The zero-order valence-electron chi connectivity index (χ0n) is 17.5. The Bertz CT molecular complexity index is 1150. The van der Waals surface area contributed by atoms with Crippen LogP contribution in [0.5, 0.6) is 0 Å². The Morgan fingerprint density at radius 3 is 2.38 bits per heavy atom. The number of ether oxygens (including phenoxy) is 1. The summed E-state index contributed by atoms with van der Waals surface area (Å²) >= 11 is 12.1. The molecule has 4 rings (SSSR count). The molecule has 0 fully saturated rings. The van der Waals surface area contributed by atoms with E-state index in [1.54, 1.807) is 47.4 Å². The lowest BCUT2D eigenvalue weighted by Crippen LogP contribution is -2.45. The van der Waals surface area contributed by atoms with E-state index in [1.165, 1.54) is 20.2 Å². The van der Waals surface area contributed by atoms with Crippen LogP contribution in [0.4, 0.5) is 0 Å². The van der Waals surface area contributed by atoms with Crippen molar-refractivity contribution in [3.05, 3.63) is 98.8 Å². The quantitative estimate of drug-likeness (QED) is 0.564. The first-order valence-corrected chi connectivity index (χ1v) is 10.7. The molecule has 0 saturated heterocycles. The first kappa shape index (κ1) is 22.7. The zero-order chi connectivity index (χ0) is 23.1. The van der Waals surface area contributed by atoms with Gasteiger partial charge in [0.15, 0.2) is 5.72 Å². The number of pyridine rings is 1.